The van der Waals surface area contributed by atoms with Crippen molar-refractivity contribution in [3.05, 3.63) is 12.2 Å². The van der Waals surface area contributed by atoms with Gasteiger partial charge in [-0.1, -0.05) is 47.6 Å². The average molecular weight is 511 g/mol. The fourth-order valence-electron chi connectivity index (χ4n) is 2.47. The quantitative estimate of drug-likeness (QED) is 0.0880. The zero-order valence-corrected chi connectivity index (χ0v) is 22.8. The minimum absolute atomic E-state index is 0.00592. The lowest BCUT2D eigenvalue weighted by molar-refractivity contribution is -0.122. The van der Waals surface area contributed by atoms with Gasteiger partial charge in [0, 0.05) is 25.9 Å². The first-order valence-electron chi connectivity index (χ1n) is 11.7. The summed E-state index contributed by atoms with van der Waals surface area (Å²) in [6.07, 6.45) is 7.22. The van der Waals surface area contributed by atoms with Crippen LogP contribution in [0.3, 0.4) is 0 Å². The van der Waals surface area contributed by atoms with Gasteiger partial charge in [0.25, 0.3) is 0 Å². The van der Waals surface area contributed by atoms with Crippen LogP contribution in [0.2, 0.25) is 0 Å². The van der Waals surface area contributed by atoms with Crippen molar-refractivity contribution in [2.75, 3.05) is 85.9 Å². The molecule has 0 aromatic carbocycles. The molecule has 10 heteroatoms. The molecule has 0 saturated heterocycles. The SMILES string of the molecule is CNCCOCCOCC[C@@](C)(OCCOCCOCCC(=O)NC/C=C/C(C)C)SSC. The summed E-state index contributed by atoms with van der Waals surface area (Å²) >= 11 is 0. The fourth-order valence-corrected chi connectivity index (χ4v) is 4.58. The highest BCUT2D eigenvalue weighted by atomic mass is 33.1. The molecule has 196 valence electrons. The van der Waals surface area contributed by atoms with Crippen molar-refractivity contribution in [1.29, 1.82) is 0 Å². The first-order chi connectivity index (χ1) is 15.9. The molecule has 0 spiro atoms. The van der Waals surface area contributed by atoms with Crippen molar-refractivity contribution in [2.45, 2.75) is 38.5 Å². The molecule has 0 unspecified atom stereocenters. The number of hydrogen-bond donors (Lipinski definition) is 2. The normalized spacial score (nSPS) is 13.6. The number of nitrogens with one attached hydrogen (secondary N) is 2. The molecule has 0 aromatic heterocycles. The fraction of sp³-hybridized carbons (Fsp3) is 0.870. The van der Waals surface area contributed by atoms with Crippen molar-refractivity contribution in [3.63, 3.8) is 0 Å². The number of ether oxygens (including phenoxy) is 5. The van der Waals surface area contributed by atoms with E-state index in [0.29, 0.717) is 78.3 Å². The van der Waals surface area contributed by atoms with Crippen LogP contribution in [0.5, 0.6) is 0 Å². The molecule has 0 heterocycles. The molecule has 0 radical (unpaired) electrons. The molecule has 1 atom stereocenters. The monoisotopic (exact) mass is 510 g/mol. The van der Waals surface area contributed by atoms with Crippen LogP contribution in [0.15, 0.2) is 12.2 Å². The third-order valence-corrected chi connectivity index (χ3v) is 6.65. The topological polar surface area (TPSA) is 87.3 Å². The molecule has 0 fully saturated rings. The summed E-state index contributed by atoms with van der Waals surface area (Å²) in [6, 6.07) is 0. The number of allylic oxidation sites excluding steroid dienone is 1. The molecular formula is C23H46N2O6S2. The highest BCUT2D eigenvalue weighted by Crippen LogP contribution is 2.37. The first kappa shape index (κ1) is 32.7. The van der Waals surface area contributed by atoms with E-state index in [-0.39, 0.29) is 10.8 Å². The maximum Gasteiger partial charge on any atom is 0.222 e. The number of amides is 1. The van der Waals surface area contributed by atoms with Gasteiger partial charge in [0.15, 0.2) is 0 Å². The number of carbonyl (C=O) groups is 1. The average Bonchev–Trinajstić information content (AvgIpc) is 2.77. The van der Waals surface area contributed by atoms with Crippen LogP contribution in [-0.4, -0.2) is 96.7 Å². The zero-order chi connectivity index (χ0) is 24.6. The summed E-state index contributed by atoms with van der Waals surface area (Å²) in [5.41, 5.74) is 0. The van der Waals surface area contributed by atoms with Crippen LogP contribution in [0.25, 0.3) is 0 Å². The molecule has 2 N–H and O–H groups in total. The molecule has 0 aliphatic carbocycles. The van der Waals surface area contributed by atoms with Gasteiger partial charge in [-0.15, -0.1) is 0 Å². The van der Waals surface area contributed by atoms with Crippen molar-refractivity contribution in [1.82, 2.24) is 10.6 Å². The molecule has 0 aromatic rings. The van der Waals surface area contributed by atoms with E-state index in [9.17, 15) is 4.79 Å². The van der Waals surface area contributed by atoms with Gasteiger partial charge in [0.05, 0.1) is 59.5 Å². The number of rotatable bonds is 24. The second-order valence-corrected chi connectivity index (χ2v) is 10.6. The summed E-state index contributed by atoms with van der Waals surface area (Å²) in [7, 11) is 5.28. The molecule has 0 bridgehead atoms. The van der Waals surface area contributed by atoms with E-state index >= 15 is 0 Å². The summed E-state index contributed by atoms with van der Waals surface area (Å²) in [4.78, 5) is 11.4. The van der Waals surface area contributed by atoms with E-state index in [1.54, 1.807) is 21.6 Å². The van der Waals surface area contributed by atoms with E-state index in [1.807, 2.05) is 19.4 Å². The Bertz CT molecular complexity index is 486. The van der Waals surface area contributed by atoms with Crippen LogP contribution in [0.4, 0.5) is 0 Å². The number of likely N-dealkylation sites (N-methyl/N-ethyl adjacent to an activating group) is 1. The third-order valence-electron chi connectivity index (χ3n) is 4.25. The minimum atomic E-state index is -0.329. The first-order valence-corrected chi connectivity index (χ1v) is 14.2. The second kappa shape index (κ2) is 23.4. The predicted molar refractivity (Wildman–Crippen MR) is 139 cm³/mol. The standard InChI is InChI=1S/C23H46N2O6S2/c1-21(2)7-6-10-25-22(26)8-12-27-15-18-30-19-20-31-23(3,33-32-5)9-13-28-16-17-29-14-11-24-4/h6-7,21,24H,8-20H2,1-5H3,(H,25,26)/b7-6+/t23-/m0/s1. The van der Waals surface area contributed by atoms with E-state index in [0.717, 1.165) is 13.0 Å². The molecule has 0 aliphatic rings. The molecule has 1 amide bonds. The Morgan fingerprint density at radius 3 is 2.18 bits per heavy atom. The maximum absolute atomic E-state index is 11.7. The van der Waals surface area contributed by atoms with Crippen LogP contribution in [0, 0.1) is 5.92 Å². The Labute approximate surface area is 209 Å². The summed E-state index contributed by atoms with van der Waals surface area (Å²) in [6.45, 7) is 12.5. The van der Waals surface area contributed by atoms with Gasteiger partial charge in [-0.2, -0.15) is 0 Å². The van der Waals surface area contributed by atoms with Gasteiger partial charge >= 0.3 is 0 Å². The molecule has 33 heavy (non-hydrogen) atoms. The smallest absolute Gasteiger partial charge is 0.222 e. The van der Waals surface area contributed by atoms with Gasteiger partial charge < -0.3 is 34.3 Å². The highest BCUT2D eigenvalue weighted by Gasteiger charge is 2.25. The van der Waals surface area contributed by atoms with Gasteiger partial charge in [-0.25, -0.2) is 0 Å². The summed E-state index contributed by atoms with van der Waals surface area (Å²) in [5, 5.41) is 5.88. The van der Waals surface area contributed by atoms with Gasteiger partial charge in [0.2, 0.25) is 5.91 Å². The Balaban J connectivity index is 3.68. The largest absolute Gasteiger partial charge is 0.379 e. The van der Waals surface area contributed by atoms with Gasteiger partial charge in [-0.3, -0.25) is 4.79 Å². The van der Waals surface area contributed by atoms with Crippen LogP contribution < -0.4 is 10.6 Å². The van der Waals surface area contributed by atoms with E-state index in [1.165, 1.54) is 0 Å². The Morgan fingerprint density at radius 1 is 0.939 bits per heavy atom. The Kier molecular flexibility index (Phi) is 23.2. The van der Waals surface area contributed by atoms with Crippen LogP contribution in [0.1, 0.15) is 33.6 Å². The lowest BCUT2D eigenvalue weighted by atomic mass is 10.2. The molecular weight excluding hydrogens is 464 g/mol. The van der Waals surface area contributed by atoms with Gasteiger partial charge in [-0.05, 0) is 26.1 Å². The minimum Gasteiger partial charge on any atom is -0.379 e. The van der Waals surface area contributed by atoms with E-state index in [4.69, 9.17) is 23.7 Å². The van der Waals surface area contributed by atoms with Crippen molar-refractivity contribution in [2.24, 2.45) is 5.92 Å². The molecule has 0 rings (SSSR count). The molecule has 0 saturated carbocycles. The Hall–Kier alpha value is -0.330. The van der Waals surface area contributed by atoms with E-state index in [2.05, 4.69) is 37.5 Å². The van der Waals surface area contributed by atoms with Crippen molar-refractivity contribution < 1.29 is 28.5 Å². The van der Waals surface area contributed by atoms with Crippen LogP contribution in [-0.2, 0) is 28.5 Å². The third kappa shape index (κ3) is 23.2. The summed E-state index contributed by atoms with van der Waals surface area (Å²) in [5.74, 6) is 0.486. The number of carbonyl (C=O) groups excluding carboxylic acids is 1. The molecule has 0 aliphatic heterocycles. The van der Waals surface area contributed by atoms with Crippen LogP contribution >= 0.6 is 21.6 Å². The second-order valence-electron chi connectivity index (χ2n) is 7.76. The Morgan fingerprint density at radius 2 is 1.55 bits per heavy atom. The predicted octanol–water partition coefficient (Wildman–Crippen LogP) is 3.12. The maximum atomic E-state index is 11.7. The zero-order valence-electron chi connectivity index (χ0n) is 21.2. The lowest BCUT2D eigenvalue weighted by Gasteiger charge is -2.28. The molecule has 8 nitrogen and oxygen atoms in total. The van der Waals surface area contributed by atoms with Crippen molar-refractivity contribution in [3.8, 4) is 0 Å². The van der Waals surface area contributed by atoms with Crippen molar-refractivity contribution >= 4 is 27.5 Å². The van der Waals surface area contributed by atoms with E-state index < -0.39 is 0 Å². The summed E-state index contributed by atoms with van der Waals surface area (Å²) < 4.78 is 28.2. The lowest BCUT2D eigenvalue weighted by Crippen LogP contribution is -2.28. The van der Waals surface area contributed by atoms with Gasteiger partial charge in [0.1, 0.15) is 4.93 Å². The highest BCUT2D eigenvalue weighted by molar-refractivity contribution is 8.76. The number of hydrogen-bond acceptors (Lipinski definition) is 9.